The molecule has 0 amide bonds. The van der Waals surface area contributed by atoms with Crippen LogP contribution in [0.5, 0.6) is 11.5 Å². The molecule has 4 nitrogen and oxygen atoms in total. The molecule has 2 rings (SSSR count). The second-order valence-corrected chi connectivity index (χ2v) is 5.86. The molecule has 1 aliphatic rings. The zero-order chi connectivity index (χ0) is 15.1. The first-order valence-corrected chi connectivity index (χ1v) is 8.03. The Bertz CT molecular complexity index is 431. The molecule has 1 atom stereocenters. The van der Waals surface area contributed by atoms with Crippen molar-refractivity contribution >= 4 is 0 Å². The molecule has 1 fully saturated rings. The van der Waals surface area contributed by atoms with E-state index in [1.54, 1.807) is 13.2 Å². The number of likely N-dealkylation sites (tertiary alicyclic amines) is 1. The molecule has 118 valence electrons. The van der Waals surface area contributed by atoms with Crippen LogP contribution in [0.25, 0.3) is 0 Å². The number of phenolic OH excluding ortho intramolecular Hbond substituents is 1. The van der Waals surface area contributed by atoms with E-state index in [0.717, 1.165) is 12.1 Å². The van der Waals surface area contributed by atoms with Crippen molar-refractivity contribution < 1.29 is 9.84 Å². The standard InChI is InChI=1S/C17H28N2O2/c1-14(15-7-8-16(20)17(13-15)21-2)18-9-6-12-19-10-4-3-5-11-19/h7-8,13-14,18,20H,3-6,9-12H2,1-2H3. The normalized spacial score (nSPS) is 17.6. The van der Waals surface area contributed by atoms with Gasteiger partial charge in [-0.1, -0.05) is 12.5 Å². The molecular formula is C17H28N2O2. The third-order valence-corrected chi connectivity index (χ3v) is 4.25. The Kier molecular flexibility index (Phi) is 6.33. The summed E-state index contributed by atoms with van der Waals surface area (Å²) in [6.45, 7) is 6.89. The van der Waals surface area contributed by atoms with Gasteiger partial charge in [-0.15, -0.1) is 0 Å². The second-order valence-electron chi connectivity index (χ2n) is 5.86. The van der Waals surface area contributed by atoms with Crippen LogP contribution in [0.4, 0.5) is 0 Å². The lowest BCUT2D eigenvalue weighted by Gasteiger charge is -2.26. The molecule has 0 saturated carbocycles. The molecule has 2 N–H and O–H groups in total. The Balaban J connectivity index is 1.72. The number of phenols is 1. The molecule has 1 aliphatic heterocycles. The highest BCUT2D eigenvalue weighted by Crippen LogP contribution is 2.28. The first-order valence-electron chi connectivity index (χ1n) is 8.03. The summed E-state index contributed by atoms with van der Waals surface area (Å²) < 4.78 is 5.16. The summed E-state index contributed by atoms with van der Waals surface area (Å²) in [6, 6.07) is 5.80. The third kappa shape index (κ3) is 4.90. The average Bonchev–Trinajstić information content (AvgIpc) is 2.53. The molecule has 1 saturated heterocycles. The Morgan fingerprint density at radius 2 is 2.05 bits per heavy atom. The average molecular weight is 292 g/mol. The van der Waals surface area contributed by atoms with Crippen molar-refractivity contribution in [2.45, 2.75) is 38.6 Å². The Morgan fingerprint density at radius 3 is 2.76 bits per heavy atom. The number of rotatable bonds is 7. The van der Waals surface area contributed by atoms with Gasteiger partial charge >= 0.3 is 0 Å². The number of nitrogens with zero attached hydrogens (tertiary/aromatic N) is 1. The number of benzene rings is 1. The van der Waals surface area contributed by atoms with Gasteiger partial charge in [-0.05, 0) is 70.1 Å². The minimum atomic E-state index is 0.193. The van der Waals surface area contributed by atoms with Crippen molar-refractivity contribution in [2.75, 3.05) is 33.3 Å². The fraction of sp³-hybridized carbons (Fsp3) is 0.647. The van der Waals surface area contributed by atoms with Crippen molar-refractivity contribution in [1.29, 1.82) is 0 Å². The molecule has 0 radical (unpaired) electrons. The fourth-order valence-electron chi connectivity index (χ4n) is 2.89. The van der Waals surface area contributed by atoms with E-state index in [-0.39, 0.29) is 11.8 Å². The molecule has 4 heteroatoms. The van der Waals surface area contributed by atoms with Gasteiger partial charge in [0.05, 0.1) is 7.11 Å². The van der Waals surface area contributed by atoms with Gasteiger partial charge in [0.2, 0.25) is 0 Å². The lowest BCUT2D eigenvalue weighted by molar-refractivity contribution is 0.225. The van der Waals surface area contributed by atoms with Crippen LogP contribution in [0, 0.1) is 0 Å². The third-order valence-electron chi connectivity index (χ3n) is 4.25. The first-order chi connectivity index (χ1) is 10.2. The fourth-order valence-corrected chi connectivity index (χ4v) is 2.89. The van der Waals surface area contributed by atoms with Crippen LogP contribution in [-0.4, -0.2) is 43.3 Å². The summed E-state index contributed by atoms with van der Waals surface area (Å²) in [5.74, 6) is 0.730. The van der Waals surface area contributed by atoms with Crippen LogP contribution < -0.4 is 10.1 Å². The number of hydrogen-bond donors (Lipinski definition) is 2. The summed E-state index contributed by atoms with van der Waals surface area (Å²) >= 11 is 0. The molecule has 0 aromatic heterocycles. The summed E-state index contributed by atoms with van der Waals surface area (Å²) in [4.78, 5) is 2.57. The highest BCUT2D eigenvalue weighted by Gasteiger charge is 2.11. The second kappa shape index (κ2) is 8.25. The number of methoxy groups -OCH3 is 1. The van der Waals surface area contributed by atoms with Crippen LogP contribution in [0.15, 0.2) is 18.2 Å². The van der Waals surface area contributed by atoms with E-state index in [0.29, 0.717) is 5.75 Å². The smallest absolute Gasteiger partial charge is 0.160 e. The molecule has 1 aromatic carbocycles. The van der Waals surface area contributed by atoms with Gasteiger partial charge in [0.1, 0.15) is 0 Å². The summed E-state index contributed by atoms with van der Waals surface area (Å²) in [5.41, 5.74) is 1.14. The summed E-state index contributed by atoms with van der Waals surface area (Å²) in [7, 11) is 1.58. The zero-order valence-corrected chi connectivity index (χ0v) is 13.3. The van der Waals surface area contributed by atoms with Gasteiger partial charge in [0, 0.05) is 6.04 Å². The lowest BCUT2D eigenvalue weighted by Crippen LogP contribution is -2.32. The molecule has 0 spiro atoms. The van der Waals surface area contributed by atoms with E-state index >= 15 is 0 Å². The molecule has 1 unspecified atom stereocenters. The number of nitrogens with one attached hydrogen (secondary N) is 1. The number of aromatic hydroxyl groups is 1. The Labute approximate surface area is 128 Å². The Hall–Kier alpha value is -1.26. The van der Waals surface area contributed by atoms with E-state index in [1.165, 1.54) is 45.3 Å². The van der Waals surface area contributed by atoms with Crippen molar-refractivity contribution in [3.05, 3.63) is 23.8 Å². The first kappa shape index (κ1) is 16.1. The molecule has 1 aromatic rings. The topological polar surface area (TPSA) is 44.7 Å². The Morgan fingerprint density at radius 1 is 1.29 bits per heavy atom. The minimum absolute atomic E-state index is 0.193. The lowest BCUT2D eigenvalue weighted by atomic mass is 10.1. The van der Waals surface area contributed by atoms with Gasteiger partial charge in [0.15, 0.2) is 11.5 Å². The predicted octanol–water partition coefficient (Wildman–Crippen LogP) is 2.93. The molecule has 0 aliphatic carbocycles. The van der Waals surface area contributed by atoms with Crippen LogP contribution >= 0.6 is 0 Å². The van der Waals surface area contributed by atoms with E-state index in [1.807, 2.05) is 12.1 Å². The van der Waals surface area contributed by atoms with Crippen molar-refractivity contribution in [1.82, 2.24) is 10.2 Å². The summed E-state index contributed by atoms with van der Waals surface area (Å²) in [5, 5.41) is 13.2. The predicted molar refractivity (Wildman–Crippen MR) is 86.0 cm³/mol. The van der Waals surface area contributed by atoms with Gasteiger partial charge in [-0.25, -0.2) is 0 Å². The molecular weight excluding hydrogens is 264 g/mol. The minimum Gasteiger partial charge on any atom is -0.504 e. The van der Waals surface area contributed by atoms with Crippen LogP contribution in [0.3, 0.4) is 0 Å². The largest absolute Gasteiger partial charge is 0.504 e. The highest BCUT2D eigenvalue weighted by atomic mass is 16.5. The number of hydrogen-bond acceptors (Lipinski definition) is 4. The maximum absolute atomic E-state index is 9.62. The van der Waals surface area contributed by atoms with Crippen molar-refractivity contribution in [3.63, 3.8) is 0 Å². The van der Waals surface area contributed by atoms with Crippen molar-refractivity contribution in [2.24, 2.45) is 0 Å². The number of piperidine rings is 1. The molecule has 21 heavy (non-hydrogen) atoms. The maximum Gasteiger partial charge on any atom is 0.160 e. The van der Waals surface area contributed by atoms with E-state index in [2.05, 4.69) is 17.1 Å². The highest BCUT2D eigenvalue weighted by molar-refractivity contribution is 5.42. The van der Waals surface area contributed by atoms with Crippen molar-refractivity contribution in [3.8, 4) is 11.5 Å². The molecule has 1 heterocycles. The SMILES string of the molecule is COc1cc(C(C)NCCCN2CCCCC2)ccc1O. The van der Waals surface area contributed by atoms with Gasteiger partial charge in [-0.3, -0.25) is 0 Å². The summed E-state index contributed by atoms with van der Waals surface area (Å²) in [6.07, 6.45) is 5.29. The van der Waals surface area contributed by atoms with Gasteiger partial charge in [0.25, 0.3) is 0 Å². The van der Waals surface area contributed by atoms with E-state index < -0.39 is 0 Å². The van der Waals surface area contributed by atoms with Gasteiger partial charge in [-0.2, -0.15) is 0 Å². The van der Waals surface area contributed by atoms with Crippen LogP contribution in [0.2, 0.25) is 0 Å². The van der Waals surface area contributed by atoms with E-state index in [4.69, 9.17) is 4.74 Å². The monoisotopic (exact) mass is 292 g/mol. The van der Waals surface area contributed by atoms with Crippen LogP contribution in [-0.2, 0) is 0 Å². The quantitative estimate of drug-likeness (QED) is 0.759. The zero-order valence-electron chi connectivity index (χ0n) is 13.3. The number of ether oxygens (including phenoxy) is 1. The maximum atomic E-state index is 9.62. The molecule has 0 bridgehead atoms. The van der Waals surface area contributed by atoms with Crippen LogP contribution in [0.1, 0.15) is 44.2 Å². The van der Waals surface area contributed by atoms with Gasteiger partial charge < -0.3 is 20.1 Å². The van der Waals surface area contributed by atoms with E-state index in [9.17, 15) is 5.11 Å².